The van der Waals surface area contributed by atoms with Crippen molar-refractivity contribution in [2.75, 3.05) is 50.6 Å². The molecule has 0 spiro atoms. The summed E-state index contributed by atoms with van der Waals surface area (Å²) in [5.41, 5.74) is 2.12. The first-order valence-electron chi connectivity index (χ1n) is 10.3. The topological polar surface area (TPSA) is 65.0 Å². The highest BCUT2D eigenvalue weighted by molar-refractivity contribution is 14.0. The first-order valence-corrected chi connectivity index (χ1v) is 10.6. The van der Waals surface area contributed by atoms with E-state index in [1.807, 2.05) is 49.5 Å². The molecule has 1 aliphatic heterocycles. The zero-order valence-corrected chi connectivity index (χ0v) is 21.6. The lowest BCUT2D eigenvalue weighted by Gasteiger charge is -2.22. The number of nitrogens with one attached hydrogen (secondary N) is 2. The van der Waals surface area contributed by atoms with Crippen LogP contribution in [0.2, 0.25) is 5.02 Å². The molecule has 170 valence electrons. The molecule has 0 aliphatic carbocycles. The van der Waals surface area contributed by atoms with E-state index in [1.54, 1.807) is 7.11 Å². The van der Waals surface area contributed by atoms with Gasteiger partial charge in [-0.15, -0.1) is 24.0 Å². The van der Waals surface area contributed by atoms with Gasteiger partial charge in [-0.1, -0.05) is 17.7 Å². The SMILES string of the molecule is CCNC(=NCc1cccnc1N(C)C)NC1CCN(c2cc(Cl)ccc2OC)C1.I. The van der Waals surface area contributed by atoms with Crippen molar-refractivity contribution in [1.82, 2.24) is 15.6 Å². The molecule has 9 heteroatoms. The maximum absolute atomic E-state index is 6.21. The third-order valence-electron chi connectivity index (χ3n) is 5.05. The van der Waals surface area contributed by atoms with Crippen molar-refractivity contribution in [2.45, 2.75) is 25.9 Å². The van der Waals surface area contributed by atoms with Crippen LogP contribution in [0.3, 0.4) is 0 Å². The van der Waals surface area contributed by atoms with Crippen molar-refractivity contribution >= 4 is 53.0 Å². The number of benzene rings is 1. The second-order valence-corrected chi connectivity index (χ2v) is 7.90. The number of anilines is 2. The maximum atomic E-state index is 6.21. The Morgan fingerprint density at radius 1 is 1.35 bits per heavy atom. The number of hydrogen-bond acceptors (Lipinski definition) is 5. The molecule has 0 saturated carbocycles. The van der Waals surface area contributed by atoms with Crippen LogP contribution in [0.15, 0.2) is 41.5 Å². The third kappa shape index (κ3) is 6.77. The zero-order chi connectivity index (χ0) is 21.5. The van der Waals surface area contributed by atoms with Gasteiger partial charge in [-0.2, -0.15) is 0 Å². The van der Waals surface area contributed by atoms with Gasteiger partial charge in [0.05, 0.1) is 19.3 Å². The van der Waals surface area contributed by atoms with Crippen LogP contribution in [-0.4, -0.2) is 57.8 Å². The van der Waals surface area contributed by atoms with E-state index in [1.165, 1.54) is 0 Å². The molecule has 1 unspecified atom stereocenters. The van der Waals surface area contributed by atoms with Crippen molar-refractivity contribution in [2.24, 2.45) is 4.99 Å². The Labute approximate surface area is 207 Å². The quantitative estimate of drug-likeness (QED) is 0.307. The molecule has 3 rings (SSSR count). The Morgan fingerprint density at radius 3 is 2.87 bits per heavy atom. The summed E-state index contributed by atoms with van der Waals surface area (Å²) < 4.78 is 5.52. The first kappa shape index (κ1) is 25.3. The van der Waals surface area contributed by atoms with Crippen molar-refractivity contribution in [3.63, 3.8) is 0 Å². The Morgan fingerprint density at radius 2 is 2.16 bits per heavy atom. The Hall–Kier alpha value is -1.94. The molecule has 2 N–H and O–H groups in total. The molecule has 0 amide bonds. The molecule has 1 saturated heterocycles. The van der Waals surface area contributed by atoms with Gasteiger partial charge in [-0.05, 0) is 37.6 Å². The van der Waals surface area contributed by atoms with Crippen molar-refractivity contribution in [3.05, 3.63) is 47.1 Å². The number of aliphatic imine (C=N–C) groups is 1. The number of hydrogen-bond donors (Lipinski definition) is 2. The van der Waals surface area contributed by atoms with E-state index >= 15 is 0 Å². The normalized spacial score (nSPS) is 16.0. The summed E-state index contributed by atoms with van der Waals surface area (Å²) in [7, 11) is 5.68. The van der Waals surface area contributed by atoms with Gasteiger partial charge in [0.2, 0.25) is 0 Å². The van der Waals surface area contributed by atoms with E-state index in [2.05, 4.69) is 33.5 Å². The fraction of sp³-hybridized carbons (Fsp3) is 0.455. The summed E-state index contributed by atoms with van der Waals surface area (Å²) in [5.74, 6) is 2.60. The molecular weight excluding hydrogens is 527 g/mol. The lowest BCUT2D eigenvalue weighted by molar-refractivity contribution is 0.415. The minimum Gasteiger partial charge on any atom is -0.495 e. The van der Waals surface area contributed by atoms with Gasteiger partial charge < -0.3 is 25.2 Å². The molecule has 1 aromatic carbocycles. The minimum atomic E-state index is 0. The Balaban J connectivity index is 0.00000341. The zero-order valence-electron chi connectivity index (χ0n) is 18.6. The molecule has 0 bridgehead atoms. The molecule has 1 fully saturated rings. The Kier molecular flexibility index (Phi) is 9.95. The van der Waals surface area contributed by atoms with Crippen LogP contribution in [0.4, 0.5) is 11.5 Å². The summed E-state index contributed by atoms with van der Waals surface area (Å²) in [6.45, 7) is 5.23. The van der Waals surface area contributed by atoms with Crippen molar-refractivity contribution in [3.8, 4) is 5.75 Å². The average molecular weight is 559 g/mol. The Bertz CT molecular complexity index is 879. The van der Waals surface area contributed by atoms with Gasteiger partial charge in [0, 0.05) is 56.6 Å². The average Bonchev–Trinajstić information content (AvgIpc) is 3.20. The van der Waals surface area contributed by atoms with E-state index in [-0.39, 0.29) is 30.0 Å². The number of pyridine rings is 1. The molecule has 31 heavy (non-hydrogen) atoms. The highest BCUT2D eigenvalue weighted by Gasteiger charge is 2.25. The van der Waals surface area contributed by atoms with Crippen LogP contribution >= 0.6 is 35.6 Å². The van der Waals surface area contributed by atoms with Gasteiger partial charge in [-0.3, -0.25) is 0 Å². The summed E-state index contributed by atoms with van der Waals surface area (Å²) in [6.07, 6.45) is 2.82. The number of halogens is 2. The second-order valence-electron chi connectivity index (χ2n) is 7.47. The molecule has 2 heterocycles. The highest BCUT2D eigenvalue weighted by Crippen LogP contribution is 2.33. The molecular formula is C22H32ClIN6O. The van der Waals surface area contributed by atoms with E-state index in [9.17, 15) is 0 Å². The van der Waals surface area contributed by atoms with E-state index in [0.717, 1.165) is 54.8 Å². The largest absolute Gasteiger partial charge is 0.495 e. The lowest BCUT2D eigenvalue weighted by Crippen LogP contribution is -2.44. The summed E-state index contributed by atoms with van der Waals surface area (Å²) in [5, 5.41) is 7.65. The minimum absolute atomic E-state index is 0. The molecule has 7 nitrogen and oxygen atoms in total. The lowest BCUT2D eigenvalue weighted by atomic mass is 10.2. The summed E-state index contributed by atoms with van der Waals surface area (Å²) in [6, 6.07) is 10.0. The van der Waals surface area contributed by atoms with Gasteiger partial charge in [0.15, 0.2) is 5.96 Å². The predicted molar refractivity (Wildman–Crippen MR) is 141 cm³/mol. The van der Waals surface area contributed by atoms with Gasteiger partial charge in [0.1, 0.15) is 11.6 Å². The molecule has 1 aliphatic rings. The van der Waals surface area contributed by atoms with Crippen LogP contribution in [0.5, 0.6) is 5.75 Å². The van der Waals surface area contributed by atoms with E-state index < -0.39 is 0 Å². The van der Waals surface area contributed by atoms with Gasteiger partial charge in [-0.25, -0.2) is 9.98 Å². The fourth-order valence-electron chi connectivity index (χ4n) is 3.64. The molecule has 1 atom stereocenters. The van der Waals surface area contributed by atoms with Gasteiger partial charge in [0.25, 0.3) is 0 Å². The standard InChI is InChI=1S/C22H31ClN6O.HI/c1-5-24-22(26-14-16-7-6-11-25-21(16)28(2)3)27-18-10-12-29(15-18)19-13-17(23)8-9-20(19)30-4;/h6-9,11,13,18H,5,10,12,14-15H2,1-4H3,(H2,24,26,27);1H. The third-order valence-corrected chi connectivity index (χ3v) is 5.29. The van der Waals surface area contributed by atoms with Crippen LogP contribution in [0.25, 0.3) is 0 Å². The fourth-order valence-corrected chi connectivity index (χ4v) is 3.81. The molecule has 0 radical (unpaired) electrons. The molecule has 1 aromatic heterocycles. The van der Waals surface area contributed by atoms with Gasteiger partial charge >= 0.3 is 0 Å². The predicted octanol–water partition coefficient (Wildman–Crippen LogP) is 3.76. The number of methoxy groups -OCH3 is 1. The van der Waals surface area contributed by atoms with E-state index in [4.69, 9.17) is 21.3 Å². The van der Waals surface area contributed by atoms with Crippen molar-refractivity contribution in [1.29, 1.82) is 0 Å². The molecule has 2 aromatic rings. The van der Waals surface area contributed by atoms with E-state index in [0.29, 0.717) is 11.6 Å². The van der Waals surface area contributed by atoms with Crippen molar-refractivity contribution < 1.29 is 4.74 Å². The van der Waals surface area contributed by atoms with Crippen LogP contribution in [-0.2, 0) is 6.54 Å². The number of guanidine groups is 1. The number of ether oxygens (including phenoxy) is 1. The highest BCUT2D eigenvalue weighted by atomic mass is 127. The smallest absolute Gasteiger partial charge is 0.191 e. The van der Waals surface area contributed by atoms with Crippen LogP contribution in [0.1, 0.15) is 18.9 Å². The summed E-state index contributed by atoms with van der Waals surface area (Å²) in [4.78, 5) is 13.6. The van der Waals surface area contributed by atoms with Crippen LogP contribution in [0, 0.1) is 0 Å². The van der Waals surface area contributed by atoms with Crippen LogP contribution < -0.4 is 25.2 Å². The number of nitrogens with zero attached hydrogens (tertiary/aromatic N) is 4. The number of aromatic nitrogens is 1. The maximum Gasteiger partial charge on any atom is 0.191 e. The monoisotopic (exact) mass is 558 g/mol. The summed E-state index contributed by atoms with van der Waals surface area (Å²) >= 11 is 6.21. The first-order chi connectivity index (χ1) is 14.5. The number of rotatable bonds is 7. The second kappa shape index (κ2) is 12.2.